The summed E-state index contributed by atoms with van der Waals surface area (Å²) in [5, 5.41) is 20.8. The first kappa shape index (κ1) is 24.2. The number of rotatable bonds is 7. The molecule has 33 heavy (non-hydrogen) atoms. The summed E-state index contributed by atoms with van der Waals surface area (Å²) in [6.07, 6.45) is 1.38. The van der Waals surface area contributed by atoms with E-state index in [2.05, 4.69) is 37.2 Å². The number of ether oxygens (including phenoxy) is 1. The Morgan fingerprint density at radius 1 is 1.09 bits per heavy atom. The Balaban J connectivity index is 1.75. The largest absolute Gasteiger partial charge is 0.487 e. The molecule has 0 aliphatic heterocycles. The van der Waals surface area contributed by atoms with Crippen molar-refractivity contribution < 1.29 is 23.8 Å². The quantitative estimate of drug-likeness (QED) is 0.260. The average Bonchev–Trinajstić information content (AvgIpc) is 2.78. The van der Waals surface area contributed by atoms with Crippen LogP contribution >= 0.6 is 31.9 Å². The Bertz CT molecular complexity index is 1260. The zero-order valence-corrected chi connectivity index (χ0v) is 20.0. The highest BCUT2D eigenvalue weighted by atomic mass is 79.9. The minimum atomic E-state index is -1.00. The lowest BCUT2D eigenvalue weighted by molar-refractivity contribution is -0.112. The van der Waals surface area contributed by atoms with Crippen LogP contribution < -0.4 is 10.1 Å². The van der Waals surface area contributed by atoms with Crippen LogP contribution in [0.2, 0.25) is 0 Å². The van der Waals surface area contributed by atoms with Crippen molar-refractivity contribution in [2.75, 3.05) is 5.32 Å². The van der Waals surface area contributed by atoms with Gasteiger partial charge in [-0.2, -0.15) is 5.26 Å². The number of benzene rings is 3. The van der Waals surface area contributed by atoms with E-state index in [9.17, 15) is 19.2 Å². The van der Waals surface area contributed by atoms with Crippen LogP contribution in [0.25, 0.3) is 6.08 Å². The molecule has 0 spiro atoms. The Kier molecular flexibility index (Phi) is 7.98. The van der Waals surface area contributed by atoms with Crippen LogP contribution in [0.3, 0.4) is 0 Å². The van der Waals surface area contributed by atoms with Crippen molar-refractivity contribution in [3.05, 3.63) is 97.7 Å². The van der Waals surface area contributed by atoms with E-state index in [-0.39, 0.29) is 23.4 Å². The van der Waals surface area contributed by atoms with Gasteiger partial charge in [0.15, 0.2) is 0 Å². The number of amides is 1. The van der Waals surface area contributed by atoms with Crippen LogP contribution in [0.1, 0.15) is 21.5 Å². The highest BCUT2D eigenvalue weighted by Gasteiger charge is 2.14. The number of carboxylic acid groups (broad SMARTS) is 1. The summed E-state index contributed by atoms with van der Waals surface area (Å²) < 4.78 is 20.7. The summed E-state index contributed by atoms with van der Waals surface area (Å²) in [5.74, 6) is -1.85. The fourth-order valence-corrected chi connectivity index (χ4v) is 4.22. The third kappa shape index (κ3) is 6.28. The number of hydrogen-bond acceptors (Lipinski definition) is 4. The number of nitriles is 1. The van der Waals surface area contributed by atoms with E-state index >= 15 is 0 Å². The lowest BCUT2D eigenvalue weighted by atomic mass is 10.1. The van der Waals surface area contributed by atoms with Crippen LogP contribution in [0.5, 0.6) is 5.75 Å². The van der Waals surface area contributed by atoms with E-state index in [1.807, 2.05) is 6.07 Å². The molecule has 2 N–H and O–H groups in total. The second kappa shape index (κ2) is 10.9. The Labute approximate surface area is 205 Å². The van der Waals surface area contributed by atoms with Crippen molar-refractivity contribution in [2.24, 2.45) is 0 Å². The summed E-state index contributed by atoms with van der Waals surface area (Å²) in [6, 6.07) is 17.2. The summed E-state index contributed by atoms with van der Waals surface area (Å²) in [4.78, 5) is 23.4. The van der Waals surface area contributed by atoms with Crippen LogP contribution in [0.15, 0.2) is 75.2 Å². The van der Waals surface area contributed by atoms with Gasteiger partial charge >= 0.3 is 5.97 Å². The predicted molar refractivity (Wildman–Crippen MR) is 128 cm³/mol. The molecule has 1 amide bonds. The Hall–Kier alpha value is -3.48. The molecular formula is C24H15Br2FN2O4. The number of nitrogens with one attached hydrogen (secondary N) is 1. The maximum atomic E-state index is 13.8. The minimum absolute atomic E-state index is 0.0221. The van der Waals surface area contributed by atoms with Gasteiger partial charge in [-0.25, -0.2) is 9.18 Å². The third-order valence-corrected chi connectivity index (χ3v) is 5.58. The van der Waals surface area contributed by atoms with Crippen molar-refractivity contribution in [3.8, 4) is 11.8 Å². The zero-order valence-electron chi connectivity index (χ0n) is 16.8. The van der Waals surface area contributed by atoms with Gasteiger partial charge in [0.1, 0.15) is 29.8 Å². The maximum absolute atomic E-state index is 13.8. The highest BCUT2D eigenvalue weighted by Crippen LogP contribution is 2.36. The Morgan fingerprint density at radius 2 is 1.73 bits per heavy atom. The molecule has 0 bridgehead atoms. The highest BCUT2D eigenvalue weighted by molar-refractivity contribution is 9.11. The van der Waals surface area contributed by atoms with Gasteiger partial charge < -0.3 is 15.2 Å². The topological polar surface area (TPSA) is 99.4 Å². The monoisotopic (exact) mass is 572 g/mol. The number of anilines is 1. The third-order valence-electron chi connectivity index (χ3n) is 4.40. The normalized spacial score (nSPS) is 10.9. The van der Waals surface area contributed by atoms with E-state index in [0.29, 0.717) is 20.3 Å². The molecule has 0 saturated heterocycles. The minimum Gasteiger partial charge on any atom is -0.487 e. The SMILES string of the molecule is N#C/C(=C/c1cc(Br)c(OCc2ccc(C(=O)O)cc2)c(Br)c1)C(=O)Nc1ccccc1F. The standard InChI is InChI=1S/C24H15Br2FN2O4/c25-18-10-15(9-17(12-28)23(30)29-21-4-2-1-3-20(21)27)11-19(26)22(18)33-13-14-5-7-16(8-6-14)24(31)32/h1-11H,13H2,(H,29,30)(H,31,32)/b17-9-. The molecule has 0 aliphatic rings. The number of carboxylic acids is 1. The van der Waals surface area contributed by atoms with Gasteiger partial charge in [0, 0.05) is 0 Å². The van der Waals surface area contributed by atoms with E-state index in [1.54, 1.807) is 30.3 Å². The van der Waals surface area contributed by atoms with Gasteiger partial charge in [0.25, 0.3) is 5.91 Å². The van der Waals surface area contributed by atoms with Crippen LogP contribution in [0, 0.1) is 17.1 Å². The molecule has 3 aromatic carbocycles. The second-order valence-corrected chi connectivity index (χ2v) is 8.42. The van der Waals surface area contributed by atoms with Crippen molar-refractivity contribution in [2.45, 2.75) is 6.61 Å². The lowest BCUT2D eigenvalue weighted by Crippen LogP contribution is -2.14. The molecule has 0 radical (unpaired) electrons. The van der Waals surface area contributed by atoms with Gasteiger partial charge in [-0.05, 0) is 85.5 Å². The number of nitrogens with zero attached hydrogens (tertiary/aromatic N) is 1. The summed E-state index contributed by atoms with van der Waals surface area (Å²) in [7, 11) is 0. The molecule has 0 aromatic heterocycles. The summed E-state index contributed by atoms with van der Waals surface area (Å²) in [6.45, 7) is 0.195. The zero-order chi connectivity index (χ0) is 24.0. The van der Waals surface area contributed by atoms with E-state index in [1.165, 1.54) is 36.4 Å². The lowest BCUT2D eigenvalue weighted by Gasteiger charge is -2.12. The van der Waals surface area contributed by atoms with Crippen molar-refractivity contribution >= 4 is 55.5 Å². The van der Waals surface area contributed by atoms with Gasteiger partial charge in [-0.3, -0.25) is 4.79 Å². The fourth-order valence-electron chi connectivity index (χ4n) is 2.77. The smallest absolute Gasteiger partial charge is 0.335 e. The van der Waals surface area contributed by atoms with Crippen LogP contribution in [-0.4, -0.2) is 17.0 Å². The van der Waals surface area contributed by atoms with Gasteiger partial charge in [-0.1, -0.05) is 24.3 Å². The van der Waals surface area contributed by atoms with E-state index in [0.717, 1.165) is 5.56 Å². The van der Waals surface area contributed by atoms with Gasteiger partial charge in [0.05, 0.1) is 20.2 Å². The molecular weight excluding hydrogens is 559 g/mol. The summed E-state index contributed by atoms with van der Waals surface area (Å²) in [5.41, 5.74) is 1.27. The number of carbonyl (C=O) groups is 2. The van der Waals surface area contributed by atoms with Crippen LogP contribution in [0.4, 0.5) is 10.1 Å². The number of halogens is 3. The van der Waals surface area contributed by atoms with E-state index in [4.69, 9.17) is 9.84 Å². The Morgan fingerprint density at radius 3 is 2.30 bits per heavy atom. The molecule has 0 aliphatic carbocycles. The summed E-state index contributed by atoms with van der Waals surface area (Å²) >= 11 is 6.84. The first-order chi connectivity index (χ1) is 15.8. The first-order valence-electron chi connectivity index (χ1n) is 9.40. The molecule has 9 heteroatoms. The predicted octanol–water partition coefficient (Wildman–Crippen LogP) is 6.17. The molecule has 0 heterocycles. The molecule has 6 nitrogen and oxygen atoms in total. The molecule has 166 valence electrons. The number of aromatic carboxylic acids is 1. The number of para-hydroxylation sites is 1. The van der Waals surface area contributed by atoms with Crippen molar-refractivity contribution in [1.82, 2.24) is 0 Å². The molecule has 3 aromatic rings. The van der Waals surface area contributed by atoms with E-state index < -0.39 is 17.7 Å². The van der Waals surface area contributed by atoms with Gasteiger partial charge in [0.2, 0.25) is 0 Å². The second-order valence-electron chi connectivity index (χ2n) is 6.71. The van der Waals surface area contributed by atoms with Crippen molar-refractivity contribution in [1.29, 1.82) is 5.26 Å². The molecule has 0 saturated carbocycles. The van der Waals surface area contributed by atoms with Crippen LogP contribution in [-0.2, 0) is 11.4 Å². The fraction of sp³-hybridized carbons (Fsp3) is 0.0417. The average molecular weight is 574 g/mol. The van der Waals surface area contributed by atoms with Gasteiger partial charge in [-0.15, -0.1) is 0 Å². The maximum Gasteiger partial charge on any atom is 0.335 e. The van der Waals surface area contributed by atoms with Crippen molar-refractivity contribution in [3.63, 3.8) is 0 Å². The first-order valence-corrected chi connectivity index (χ1v) is 11.0. The molecule has 0 fully saturated rings. The number of hydrogen-bond donors (Lipinski definition) is 2. The molecule has 3 rings (SSSR count). The number of carbonyl (C=O) groups excluding carboxylic acids is 1. The molecule has 0 atom stereocenters. The molecule has 0 unspecified atom stereocenters.